The van der Waals surface area contributed by atoms with Crippen LogP contribution in [0.1, 0.15) is 58.8 Å². The van der Waals surface area contributed by atoms with Gasteiger partial charge in [-0.3, -0.25) is 4.90 Å². The van der Waals surface area contributed by atoms with Gasteiger partial charge in [0.25, 0.3) is 0 Å². The van der Waals surface area contributed by atoms with Gasteiger partial charge in [-0.1, -0.05) is 25.7 Å². The fourth-order valence-electron chi connectivity index (χ4n) is 2.92. The first-order valence-corrected chi connectivity index (χ1v) is 8.26. The van der Waals surface area contributed by atoms with E-state index in [4.69, 9.17) is 4.74 Å². The molecule has 3 nitrogen and oxygen atoms in total. The standard InChI is InChI=1S/C16H34N2O/c1-4-19-13-9-12-17-14-15(2)18(3)16-10-7-5-6-8-11-16/h15-17H,4-14H2,1-3H3. The van der Waals surface area contributed by atoms with Gasteiger partial charge < -0.3 is 10.1 Å². The fraction of sp³-hybridized carbons (Fsp3) is 1.00. The highest BCUT2D eigenvalue weighted by Gasteiger charge is 2.20. The van der Waals surface area contributed by atoms with Crippen molar-refractivity contribution in [2.75, 3.05) is 33.4 Å². The number of likely N-dealkylation sites (N-methyl/N-ethyl adjacent to an activating group) is 1. The first-order chi connectivity index (χ1) is 9.25. The molecule has 0 heterocycles. The van der Waals surface area contributed by atoms with Crippen molar-refractivity contribution in [3.05, 3.63) is 0 Å². The molecule has 0 amide bonds. The Morgan fingerprint density at radius 2 is 1.89 bits per heavy atom. The minimum Gasteiger partial charge on any atom is -0.382 e. The van der Waals surface area contributed by atoms with Gasteiger partial charge in [0.2, 0.25) is 0 Å². The summed E-state index contributed by atoms with van der Waals surface area (Å²) in [5.74, 6) is 0. The molecule has 3 heteroatoms. The van der Waals surface area contributed by atoms with E-state index in [1.54, 1.807) is 0 Å². The van der Waals surface area contributed by atoms with Gasteiger partial charge in [0.05, 0.1) is 0 Å². The van der Waals surface area contributed by atoms with Gasteiger partial charge in [-0.2, -0.15) is 0 Å². The van der Waals surface area contributed by atoms with Crippen LogP contribution in [0.15, 0.2) is 0 Å². The highest BCUT2D eigenvalue weighted by atomic mass is 16.5. The predicted molar refractivity (Wildman–Crippen MR) is 82.7 cm³/mol. The van der Waals surface area contributed by atoms with E-state index < -0.39 is 0 Å². The van der Waals surface area contributed by atoms with Crippen molar-refractivity contribution < 1.29 is 4.74 Å². The summed E-state index contributed by atoms with van der Waals surface area (Å²) in [6, 6.07) is 1.44. The highest BCUT2D eigenvalue weighted by Crippen LogP contribution is 2.22. The van der Waals surface area contributed by atoms with Gasteiger partial charge in [-0.25, -0.2) is 0 Å². The van der Waals surface area contributed by atoms with Crippen LogP contribution in [0.3, 0.4) is 0 Å². The first-order valence-electron chi connectivity index (χ1n) is 8.26. The topological polar surface area (TPSA) is 24.5 Å². The third-order valence-corrected chi connectivity index (χ3v) is 4.38. The van der Waals surface area contributed by atoms with Crippen LogP contribution >= 0.6 is 0 Å². The zero-order chi connectivity index (χ0) is 13.9. The molecule has 19 heavy (non-hydrogen) atoms. The highest BCUT2D eigenvalue weighted by molar-refractivity contribution is 4.77. The zero-order valence-corrected chi connectivity index (χ0v) is 13.3. The second-order valence-electron chi connectivity index (χ2n) is 5.91. The van der Waals surface area contributed by atoms with Gasteiger partial charge >= 0.3 is 0 Å². The van der Waals surface area contributed by atoms with Crippen LogP contribution in [0.4, 0.5) is 0 Å². The lowest BCUT2D eigenvalue weighted by molar-refractivity contribution is 0.141. The van der Waals surface area contributed by atoms with Crippen LogP contribution in [-0.4, -0.2) is 50.3 Å². The number of hydrogen-bond acceptors (Lipinski definition) is 3. The van der Waals surface area contributed by atoms with Crippen LogP contribution in [0.25, 0.3) is 0 Å². The SMILES string of the molecule is CCOCCCNCC(C)N(C)C1CCCCCC1. The Labute approximate surface area is 120 Å². The summed E-state index contributed by atoms with van der Waals surface area (Å²) in [4.78, 5) is 2.60. The minimum absolute atomic E-state index is 0.634. The smallest absolute Gasteiger partial charge is 0.0477 e. The molecule has 0 saturated heterocycles. The molecule has 0 aromatic rings. The van der Waals surface area contributed by atoms with Crippen molar-refractivity contribution in [1.82, 2.24) is 10.2 Å². The molecule has 0 spiro atoms. The number of hydrogen-bond donors (Lipinski definition) is 1. The molecule has 0 bridgehead atoms. The molecule has 1 N–H and O–H groups in total. The number of ether oxygens (including phenoxy) is 1. The summed E-state index contributed by atoms with van der Waals surface area (Å²) < 4.78 is 5.35. The molecule has 1 fully saturated rings. The van der Waals surface area contributed by atoms with Crippen molar-refractivity contribution in [3.63, 3.8) is 0 Å². The summed E-state index contributed by atoms with van der Waals surface area (Å²) in [7, 11) is 2.31. The van der Waals surface area contributed by atoms with Crippen LogP contribution in [0, 0.1) is 0 Å². The summed E-state index contributed by atoms with van der Waals surface area (Å²) in [5, 5.41) is 3.56. The molecule has 1 unspecified atom stereocenters. The van der Waals surface area contributed by atoms with E-state index in [-0.39, 0.29) is 0 Å². The maximum absolute atomic E-state index is 5.35. The summed E-state index contributed by atoms with van der Waals surface area (Å²) in [6.45, 7) is 8.29. The Hall–Kier alpha value is -0.120. The quantitative estimate of drug-likeness (QED) is 0.515. The molecule has 0 radical (unpaired) electrons. The Morgan fingerprint density at radius 3 is 2.53 bits per heavy atom. The number of nitrogens with one attached hydrogen (secondary N) is 1. The largest absolute Gasteiger partial charge is 0.382 e. The average Bonchev–Trinajstić information content (AvgIpc) is 2.70. The van der Waals surface area contributed by atoms with Crippen LogP contribution in [-0.2, 0) is 4.74 Å². The van der Waals surface area contributed by atoms with Gasteiger partial charge in [-0.15, -0.1) is 0 Å². The molecule has 0 aromatic heterocycles. The maximum Gasteiger partial charge on any atom is 0.0477 e. The van der Waals surface area contributed by atoms with Gasteiger partial charge in [0.1, 0.15) is 0 Å². The van der Waals surface area contributed by atoms with Crippen molar-refractivity contribution in [3.8, 4) is 0 Å². The first kappa shape index (κ1) is 16.9. The van der Waals surface area contributed by atoms with E-state index in [0.29, 0.717) is 6.04 Å². The molecule has 1 atom stereocenters. The molecule has 114 valence electrons. The van der Waals surface area contributed by atoms with Gasteiger partial charge in [0.15, 0.2) is 0 Å². The van der Waals surface area contributed by atoms with E-state index in [2.05, 4.69) is 31.1 Å². The molecule has 1 aliphatic carbocycles. The van der Waals surface area contributed by atoms with Crippen LogP contribution < -0.4 is 5.32 Å². The van der Waals surface area contributed by atoms with Crippen LogP contribution in [0.2, 0.25) is 0 Å². The van der Waals surface area contributed by atoms with Crippen molar-refractivity contribution in [2.45, 2.75) is 70.9 Å². The Bertz CT molecular complexity index is 203. The second-order valence-corrected chi connectivity index (χ2v) is 5.91. The van der Waals surface area contributed by atoms with E-state index in [9.17, 15) is 0 Å². The Balaban J connectivity index is 2.11. The van der Waals surface area contributed by atoms with E-state index >= 15 is 0 Å². The predicted octanol–water partition coefficient (Wildman–Crippen LogP) is 3.05. The van der Waals surface area contributed by atoms with Crippen molar-refractivity contribution >= 4 is 0 Å². The lowest BCUT2D eigenvalue weighted by Crippen LogP contribution is -2.44. The van der Waals surface area contributed by atoms with E-state index in [1.165, 1.54) is 38.5 Å². The molecule has 0 aliphatic heterocycles. The van der Waals surface area contributed by atoms with Gasteiger partial charge in [-0.05, 0) is 46.7 Å². The monoisotopic (exact) mass is 270 g/mol. The fourth-order valence-corrected chi connectivity index (χ4v) is 2.92. The number of rotatable bonds is 9. The molecular weight excluding hydrogens is 236 g/mol. The average molecular weight is 270 g/mol. The summed E-state index contributed by atoms with van der Waals surface area (Å²) in [6.07, 6.45) is 9.62. The summed E-state index contributed by atoms with van der Waals surface area (Å²) in [5.41, 5.74) is 0. The molecule has 1 rings (SSSR count). The van der Waals surface area contributed by atoms with E-state index in [0.717, 1.165) is 38.8 Å². The Morgan fingerprint density at radius 1 is 1.21 bits per heavy atom. The zero-order valence-electron chi connectivity index (χ0n) is 13.3. The lowest BCUT2D eigenvalue weighted by Gasteiger charge is -2.33. The third kappa shape index (κ3) is 7.28. The normalized spacial score (nSPS) is 19.6. The molecule has 1 saturated carbocycles. The second kappa shape index (κ2) is 10.6. The molecule has 0 aromatic carbocycles. The molecule has 1 aliphatic rings. The van der Waals surface area contributed by atoms with Crippen molar-refractivity contribution in [1.29, 1.82) is 0 Å². The van der Waals surface area contributed by atoms with E-state index in [1.807, 2.05) is 0 Å². The van der Waals surface area contributed by atoms with Crippen molar-refractivity contribution in [2.24, 2.45) is 0 Å². The summed E-state index contributed by atoms with van der Waals surface area (Å²) >= 11 is 0. The molecular formula is C16H34N2O. The third-order valence-electron chi connectivity index (χ3n) is 4.38. The minimum atomic E-state index is 0.634. The van der Waals surface area contributed by atoms with Gasteiger partial charge in [0, 0.05) is 31.8 Å². The maximum atomic E-state index is 5.35. The lowest BCUT2D eigenvalue weighted by atomic mass is 10.1. The Kier molecular flexibility index (Phi) is 9.48. The van der Waals surface area contributed by atoms with Crippen LogP contribution in [0.5, 0.6) is 0 Å². The number of nitrogens with zero attached hydrogens (tertiary/aromatic N) is 1.